The second-order valence-corrected chi connectivity index (χ2v) is 6.88. The van der Waals surface area contributed by atoms with Crippen molar-refractivity contribution in [3.63, 3.8) is 0 Å². The minimum atomic E-state index is -4.69. The Hall–Kier alpha value is -3.04. The van der Waals surface area contributed by atoms with Crippen LogP contribution in [0.5, 0.6) is 0 Å². The summed E-state index contributed by atoms with van der Waals surface area (Å²) in [5.41, 5.74) is -0.128. The van der Waals surface area contributed by atoms with Gasteiger partial charge in [-0.2, -0.15) is 18.2 Å². The second kappa shape index (κ2) is 8.76. The average molecular weight is 457 g/mol. The summed E-state index contributed by atoms with van der Waals surface area (Å²) in [7, 11) is 0. The molecule has 0 spiro atoms. The van der Waals surface area contributed by atoms with E-state index in [1.165, 1.54) is 30.3 Å². The molecule has 2 aromatic carbocycles. The second-order valence-electron chi connectivity index (χ2n) is 6.07. The summed E-state index contributed by atoms with van der Waals surface area (Å²) in [5, 5.41) is 15.0. The van der Waals surface area contributed by atoms with Crippen LogP contribution < -0.4 is 10.6 Å². The quantitative estimate of drug-likeness (QED) is 0.430. The predicted octanol–water partition coefficient (Wildman–Crippen LogP) is 5.86. The number of halogens is 5. The molecule has 0 aliphatic rings. The Morgan fingerprint density at radius 2 is 1.87 bits per heavy atom. The van der Waals surface area contributed by atoms with Crippen LogP contribution in [-0.4, -0.2) is 21.0 Å². The first-order valence-corrected chi connectivity index (χ1v) is 9.11. The van der Waals surface area contributed by atoms with Gasteiger partial charge in [0, 0.05) is 18.4 Å². The number of carbonyl (C=O) groups is 1. The van der Waals surface area contributed by atoms with Crippen molar-refractivity contribution < 1.29 is 23.1 Å². The third-order valence-electron chi connectivity index (χ3n) is 3.90. The van der Waals surface area contributed by atoms with E-state index >= 15 is 0 Å². The largest absolute Gasteiger partial charge is 0.478 e. The molecule has 3 aromatic rings. The molecule has 0 saturated carbocycles. The van der Waals surface area contributed by atoms with Crippen LogP contribution in [0, 0.1) is 0 Å². The molecule has 0 aliphatic heterocycles. The van der Waals surface area contributed by atoms with Crippen LogP contribution >= 0.6 is 23.2 Å². The van der Waals surface area contributed by atoms with Gasteiger partial charge in [0.15, 0.2) is 0 Å². The van der Waals surface area contributed by atoms with E-state index in [0.29, 0.717) is 22.5 Å². The normalized spacial score (nSPS) is 11.2. The monoisotopic (exact) mass is 456 g/mol. The number of carboxylic acid groups (broad SMARTS) is 1. The lowest BCUT2D eigenvalue weighted by Crippen LogP contribution is -2.14. The highest BCUT2D eigenvalue weighted by molar-refractivity contribution is 6.42. The number of aromatic nitrogens is 2. The van der Waals surface area contributed by atoms with Gasteiger partial charge in [-0.25, -0.2) is 9.78 Å². The number of anilines is 3. The molecular formula is C19H13Cl2F3N4O2. The number of benzene rings is 2. The van der Waals surface area contributed by atoms with Crippen molar-refractivity contribution >= 4 is 46.6 Å². The molecule has 3 rings (SSSR count). The SMILES string of the molecule is O=C(O)c1cccc(CNc2nc(Nc3ccc(Cl)c(Cl)c3)ncc2C(F)(F)F)c1. The van der Waals surface area contributed by atoms with Crippen LogP contribution in [0.1, 0.15) is 21.5 Å². The topological polar surface area (TPSA) is 87.1 Å². The zero-order valence-electron chi connectivity index (χ0n) is 15.0. The minimum Gasteiger partial charge on any atom is -0.478 e. The number of nitrogens with one attached hydrogen (secondary N) is 2. The molecule has 30 heavy (non-hydrogen) atoms. The van der Waals surface area contributed by atoms with Crippen molar-refractivity contribution in [2.45, 2.75) is 12.7 Å². The first kappa shape index (κ1) is 21.7. The summed E-state index contributed by atoms with van der Waals surface area (Å²) in [4.78, 5) is 18.7. The van der Waals surface area contributed by atoms with Gasteiger partial charge in [0.1, 0.15) is 11.4 Å². The molecule has 0 bridgehead atoms. The molecule has 3 N–H and O–H groups in total. The Labute approximate surface area is 178 Å². The third kappa shape index (κ3) is 5.31. The van der Waals surface area contributed by atoms with Crippen LogP contribution in [0.15, 0.2) is 48.7 Å². The van der Waals surface area contributed by atoms with Crippen molar-refractivity contribution in [3.8, 4) is 0 Å². The molecule has 0 aliphatic carbocycles. The van der Waals surface area contributed by atoms with Gasteiger partial charge < -0.3 is 15.7 Å². The Bertz CT molecular complexity index is 1090. The Morgan fingerprint density at radius 3 is 2.53 bits per heavy atom. The molecule has 0 fully saturated rings. The highest BCUT2D eigenvalue weighted by atomic mass is 35.5. The number of nitrogens with zero attached hydrogens (tertiary/aromatic N) is 2. The van der Waals surface area contributed by atoms with E-state index in [-0.39, 0.29) is 23.1 Å². The number of alkyl halides is 3. The van der Waals surface area contributed by atoms with Gasteiger partial charge in [-0.15, -0.1) is 0 Å². The molecule has 6 nitrogen and oxygen atoms in total. The van der Waals surface area contributed by atoms with E-state index in [1.807, 2.05) is 0 Å². The lowest BCUT2D eigenvalue weighted by atomic mass is 10.1. The van der Waals surface area contributed by atoms with Crippen LogP contribution in [0.4, 0.5) is 30.6 Å². The summed E-state index contributed by atoms with van der Waals surface area (Å²) >= 11 is 11.8. The molecule has 11 heteroatoms. The number of carboxylic acids is 1. The van der Waals surface area contributed by atoms with E-state index in [9.17, 15) is 18.0 Å². The molecule has 0 unspecified atom stereocenters. The van der Waals surface area contributed by atoms with E-state index in [4.69, 9.17) is 28.3 Å². The van der Waals surface area contributed by atoms with Gasteiger partial charge in [0.2, 0.25) is 5.95 Å². The summed E-state index contributed by atoms with van der Waals surface area (Å²) in [5.74, 6) is -1.69. The predicted molar refractivity (Wildman–Crippen MR) is 108 cm³/mol. The maximum atomic E-state index is 13.3. The van der Waals surface area contributed by atoms with Crippen molar-refractivity contribution in [3.05, 3.63) is 75.4 Å². The van der Waals surface area contributed by atoms with Crippen LogP contribution in [-0.2, 0) is 12.7 Å². The zero-order valence-corrected chi connectivity index (χ0v) is 16.5. The Morgan fingerprint density at radius 1 is 1.10 bits per heavy atom. The first-order chi connectivity index (χ1) is 14.1. The van der Waals surface area contributed by atoms with Gasteiger partial charge >= 0.3 is 12.1 Å². The molecule has 156 valence electrons. The zero-order chi connectivity index (χ0) is 21.9. The van der Waals surface area contributed by atoms with Crippen molar-refractivity contribution in [2.24, 2.45) is 0 Å². The smallest absolute Gasteiger partial charge is 0.421 e. The Balaban J connectivity index is 1.87. The number of aromatic carboxylic acids is 1. The molecular weight excluding hydrogens is 444 g/mol. The fourth-order valence-electron chi connectivity index (χ4n) is 2.49. The molecule has 0 saturated heterocycles. The summed E-state index contributed by atoms with van der Waals surface area (Å²) in [6, 6.07) is 10.4. The lowest BCUT2D eigenvalue weighted by Gasteiger charge is -2.15. The minimum absolute atomic E-state index is 0.0232. The fraction of sp³-hybridized carbons (Fsp3) is 0.105. The molecule has 1 heterocycles. The fourth-order valence-corrected chi connectivity index (χ4v) is 2.79. The highest BCUT2D eigenvalue weighted by Gasteiger charge is 2.35. The van der Waals surface area contributed by atoms with Crippen molar-refractivity contribution in [1.82, 2.24) is 9.97 Å². The van der Waals surface area contributed by atoms with Gasteiger partial charge in [-0.3, -0.25) is 0 Å². The number of hydrogen-bond donors (Lipinski definition) is 3. The van der Waals surface area contributed by atoms with E-state index in [1.54, 1.807) is 12.1 Å². The maximum Gasteiger partial charge on any atom is 0.421 e. The number of hydrogen-bond acceptors (Lipinski definition) is 5. The third-order valence-corrected chi connectivity index (χ3v) is 4.64. The molecule has 0 radical (unpaired) electrons. The van der Waals surface area contributed by atoms with E-state index < -0.39 is 23.5 Å². The summed E-state index contributed by atoms with van der Waals surface area (Å²) in [6.45, 7) is -0.0760. The van der Waals surface area contributed by atoms with E-state index in [2.05, 4.69) is 20.6 Å². The summed E-state index contributed by atoms with van der Waals surface area (Å²) < 4.78 is 40.0. The molecule has 0 atom stereocenters. The molecule has 0 amide bonds. The first-order valence-electron chi connectivity index (χ1n) is 8.36. The van der Waals surface area contributed by atoms with Gasteiger partial charge in [-0.05, 0) is 35.9 Å². The Kier molecular flexibility index (Phi) is 6.33. The van der Waals surface area contributed by atoms with Crippen molar-refractivity contribution in [1.29, 1.82) is 0 Å². The van der Waals surface area contributed by atoms with E-state index in [0.717, 1.165) is 0 Å². The highest BCUT2D eigenvalue weighted by Crippen LogP contribution is 2.34. The maximum absolute atomic E-state index is 13.3. The van der Waals surface area contributed by atoms with Crippen LogP contribution in [0.2, 0.25) is 10.0 Å². The average Bonchev–Trinajstić information content (AvgIpc) is 2.68. The lowest BCUT2D eigenvalue weighted by molar-refractivity contribution is -0.137. The van der Waals surface area contributed by atoms with Gasteiger partial charge in [0.25, 0.3) is 0 Å². The summed E-state index contributed by atoms with van der Waals surface area (Å²) in [6.07, 6.45) is -4.03. The van der Waals surface area contributed by atoms with Crippen LogP contribution in [0.3, 0.4) is 0 Å². The van der Waals surface area contributed by atoms with Crippen molar-refractivity contribution in [2.75, 3.05) is 10.6 Å². The standard InChI is InChI=1S/C19H13Cl2F3N4O2/c20-14-5-4-12(7-15(14)21)27-18-26-9-13(19(22,23)24)16(28-18)25-8-10-2-1-3-11(6-10)17(29)30/h1-7,9H,8H2,(H,29,30)(H2,25,26,27,28). The number of rotatable bonds is 6. The van der Waals surface area contributed by atoms with Gasteiger partial charge in [-0.1, -0.05) is 35.3 Å². The van der Waals surface area contributed by atoms with Crippen LogP contribution in [0.25, 0.3) is 0 Å². The molecule has 1 aromatic heterocycles. The van der Waals surface area contributed by atoms with Gasteiger partial charge in [0.05, 0.1) is 15.6 Å².